The summed E-state index contributed by atoms with van der Waals surface area (Å²) in [7, 11) is 1.60. The first-order chi connectivity index (χ1) is 18.0. The molecule has 9 heteroatoms. The molecule has 1 N–H and O–H groups in total. The standard InChI is InChI=1S/C29H34N2O7/c1-28(2,3)38-26(34)30-16-29(17-30,25(32)33)31(18-13-19(14-18)36-4)27(35)37-15-24-22-11-7-5-9-20(22)21-10-6-8-12-23(21)24/h5-12,18-19,24H,13-17H2,1-4H3,(H,32,33). The SMILES string of the molecule is COC1CC(N(C(=O)OCC2c3ccccc3-c3ccccc32)C2(C(=O)O)CN(C(=O)OC(C)(C)C)C2)C1. The number of ether oxygens (including phenoxy) is 3. The topological polar surface area (TPSA) is 106 Å². The van der Waals surface area contributed by atoms with Gasteiger partial charge in [0.25, 0.3) is 0 Å². The molecule has 38 heavy (non-hydrogen) atoms. The number of carbonyl (C=O) groups excluding carboxylic acids is 2. The van der Waals surface area contributed by atoms with E-state index in [1.54, 1.807) is 27.9 Å². The maximum absolute atomic E-state index is 13.7. The molecule has 1 saturated carbocycles. The van der Waals surface area contributed by atoms with E-state index in [0.29, 0.717) is 12.8 Å². The fourth-order valence-corrected chi connectivity index (χ4v) is 5.71. The highest BCUT2D eigenvalue weighted by Gasteiger charge is 2.61. The zero-order chi connectivity index (χ0) is 27.2. The normalized spacial score (nSPS) is 21.4. The minimum atomic E-state index is -1.59. The molecule has 1 aliphatic heterocycles. The van der Waals surface area contributed by atoms with Crippen LogP contribution in [0.2, 0.25) is 0 Å². The number of carbonyl (C=O) groups is 3. The first kappa shape index (κ1) is 26.0. The maximum Gasteiger partial charge on any atom is 0.411 e. The minimum Gasteiger partial charge on any atom is -0.479 e. The van der Waals surface area contributed by atoms with E-state index in [9.17, 15) is 19.5 Å². The van der Waals surface area contributed by atoms with Crippen LogP contribution in [-0.2, 0) is 19.0 Å². The zero-order valence-corrected chi connectivity index (χ0v) is 22.2. The molecule has 0 aromatic heterocycles. The Morgan fingerprint density at radius 2 is 1.55 bits per heavy atom. The van der Waals surface area contributed by atoms with Gasteiger partial charge in [0.2, 0.25) is 0 Å². The number of carboxylic acids is 1. The second kappa shape index (κ2) is 9.62. The molecule has 1 saturated heterocycles. The fourth-order valence-electron chi connectivity index (χ4n) is 5.71. The lowest BCUT2D eigenvalue weighted by molar-refractivity contribution is -0.170. The Morgan fingerprint density at radius 1 is 1.00 bits per heavy atom. The van der Waals surface area contributed by atoms with Crippen molar-refractivity contribution in [3.63, 3.8) is 0 Å². The molecule has 5 rings (SSSR count). The smallest absolute Gasteiger partial charge is 0.411 e. The van der Waals surface area contributed by atoms with Gasteiger partial charge in [-0.15, -0.1) is 0 Å². The van der Waals surface area contributed by atoms with E-state index in [0.717, 1.165) is 22.3 Å². The van der Waals surface area contributed by atoms with E-state index in [1.165, 1.54) is 9.80 Å². The lowest BCUT2D eigenvalue weighted by atomic mass is 9.80. The molecule has 3 aliphatic rings. The molecule has 0 unspecified atom stereocenters. The summed E-state index contributed by atoms with van der Waals surface area (Å²) in [5.41, 5.74) is 2.05. The van der Waals surface area contributed by atoms with Gasteiger partial charge in [0.05, 0.1) is 19.2 Å². The van der Waals surface area contributed by atoms with Crippen molar-refractivity contribution in [3.05, 3.63) is 59.7 Å². The van der Waals surface area contributed by atoms with Gasteiger partial charge < -0.3 is 24.2 Å². The van der Waals surface area contributed by atoms with Crippen LogP contribution in [0, 0.1) is 0 Å². The maximum atomic E-state index is 13.7. The first-order valence-electron chi connectivity index (χ1n) is 12.9. The van der Waals surface area contributed by atoms with Gasteiger partial charge in [0.1, 0.15) is 12.2 Å². The van der Waals surface area contributed by atoms with E-state index < -0.39 is 29.3 Å². The molecule has 2 aromatic rings. The molecule has 9 nitrogen and oxygen atoms in total. The molecule has 2 amide bonds. The number of fused-ring (bicyclic) bond motifs is 3. The Bertz CT molecular complexity index is 1200. The van der Waals surface area contributed by atoms with Crippen LogP contribution in [-0.4, -0.2) is 83.2 Å². The van der Waals surface area contributed by atoms with Crippen LogP contribution >= 0.6 is 0 Å². The van der Waals surface area contributed by atoms with Crippen LogP contribution in [0.3, 0.4) is 0 Å². The van der Waals surface area contributed by atoms with Gasteiger partial charge in [-0.1, -0.05) is 48.5 Å². The van der Waals surface area contributed by atoms with Crippen LogP contribution in [0.15, 0.2) is 48.5 Å². The number of aliphatic carboxylic acids is 1. The number of likely N-dealkylation sites (tertiary alicyclic amines) is 1. The van der Waals surface area contributed by atoms with Crippen molar-refractivity contribution < 1.29 is 33.7 Å². The quantitative estimate of drug-likeness (QED) is 0.596. The highest BCUT2D eigenvalue weighted by Crippen LogP contribution is 2.45. The number of hydrogen-bond acceptors (Lipinski definition) is 6. The average Bonchev–Trinajstić information content (AvgIpc) is 3.12. The van der Waals surface area contributed by atoms with Crippen LogP contribution in [0.25, 0.3) is 11.1 Å². The Labute approximate surface area is 222 Å². The molecule has 0 spiro atoms. The van der Waals surface area contributed by atoms with Gasteiger partial charge in [0, 0.05) is 19.1 Å². The molecule has 0 bridgehead atoms. The Balaban J connectivity index is 1.36. The van der Waals surface area contributed by atoms with Crippen molar-refractivity contribution in [1.82, 2.24) is 9.80 Å². The van der Waals surface area contributed by atoms with E-state index in [1.807, 2.05) is 36.4 Å². The molecule has 2 fully saturated rings. The summed E-state index contributed by atoms with van der Waals surface area (Å²) in [6, 6.07) is 15.7. The number of nitrogens with zero attached hydrogens (tertiary/aromatic N) is 2. The average molecular weight is 523 g/mol. The molecular formula is C29H34N2O7. The monoisotopic (exact) mass is 522 g/mol. The zero-order valence-electron chi connectivity index (χ0n) is 22.2. The summed E-state index contributed by atoms with van der Waals surface area (Å²) in [4.78, 5) is 41.5. The number of rotatable bonds is 6. The second-order valence-electron chi connectivity index (χ2n) is 11.3. The van der Waals surface area contributed by atoms with E-state index in [2.05, 4.69) is 12.1 Å². The summed E-state index contributed by atoms with van der Waals surface area (Å²) in [6.45, 7) is 4.98. The molecular weight excluding hydrogens is 488 g/mol. The van der Waals surface area contributed by atoms with Crippen molar-refractivity contribution in [2.45, 2.75) is 62.8 Å². The van der Waals surface area contributed by atoms with Crippen molar-refractivity contribution in [1.29, 1.82) is 0 Å². The molecule has 202 valence electrons. The molecule has 0 atom stereocenters. The molecule has 0 radical (unpaired) electrons. The first-order valence-corrected chi connectivity index (χ1v) is 12.9. The van der Waals surface area contributed by atoms with Gasteiger partial charge >= 0.3 is 18.2 Å². The van der Waals surface area contributed by atoms with E-state index in [-0.39, 0.29) is 37.8 Å². The summed E-state index contributed by atoms with van der Waals surface area (Å²) < 4.78 is 16.7. The van der Waals surface area contributed by atoms with Crippen molar-refractivity contribution in [2.75, 3.05) is 26.8 Å². The Morgan fingerprint density at radius 3 is 2.05 bits per heavy atom. The predicted octanol–water partition coefficient (Wildman–Crippen LogP) is 4.49. The third-order valence-corrected chi connectivity index (χ3v) is 7.72. The van der Waals surface area contributed by atoms with Crippen molar-refractivity contribution in [2.24, 2.45) is 0 Å². The van der Waals surface area contributed by atoms with Crippen LogP contribution in [0.1, 0.15) is 50.7 Å². The molecule has 2 aliphatic carbocycles. The highest BCUT2D eigenvalue weighted by molar-refractivity contribution is 5.89. The lowest BCUT2D eigenvalue weighted by Gasteiger charge is -2.56. The van der Waals surface area contributed by atoms with Crippen LogP contribution < -0.4 is 0 Å². The van der Waals surface area contributed by atoms with Gasteiger partial charge in [-0.05, 0) is 55.9 Å². The predicted molar refractivity (Wildman–Crippen MR) is 139 cm³/mol. The Hall–Kier alpha value is -3.59. The third kappa shape index (κ3) is 4.49. The summed E-state index contributed by atoms with van der Waals surface area (Å²) in [6.07, 6.45) is -0.357. The van der Waals surface area contributed by atoms with Crippen LogP contribution in [0.5, 0.6) is 0 Å². The lowest BCUT2D eigenvalue weighted by Crippen LogP contribution is -2.78. The van der Waals surface area contributed by atoms with Crippen LogP contribution in [0.4, 0.5) is 9.59 Å². The molecule has 2 aromatic carbocycles. The summed E-state index contributed by atoms with van der Waals surface area (Å²) in [5.74, 6) is -1.33. The Kier molecular flexibility index (Phi) is 6.59. The van der Waals surface area contributed by atoms with Gasteiger partial charge in [-0.2, -0.15) is 0 Å². The number of methoxy groups -OCH3 is 1. The minimum absolute atomic E-state index is 0.0585. The van der Waals surface area contributed by atoms with Gasteiger partial charge in [0.15, 0.2) is 5.54 Å². The van der Waals surface area contributed by atoms with Gasteiger partial charge in [-0.3, -0.25) is 4.90 Å². The second-order valence-corrected chi connectivity index (χ2v) is 11.3. The third-order valence-electron chi connectivity index (χ3n) is 7.72. The number of carboxylic acid groups (broad SMARTS) is 1. The van der Waals surface area contributed by atoms with Gasteiger partial charge in [-0.25, -0.2) is 14.4 Å². The van der Waals surface area contributed by atoms with E-state index >= 15 is 0 Å². The number of benzene rings is 2. The number of hydrogen-bond donors (Lipinski definition) is 1. The van der Waals surface area contributed by atoms with Crippen molar-refractivity contribution in [3.8, 4) is 11.1 Å². The van der Waals surface area contributed by atoms with Crippen molar-refractivity contribution >= 4 is 18.2 Å². The fraction of sp³-hybridized carbons (Fsp3) is 0.483. The van der Waals surface area contributed by atoms with E-state index in [4.69, 9.17) is 14.2 Å². The number of amides is 2. The molecule has 1 heterocycles. The largest absolute Gasteiger partial charge is 0.479 e. The summed E-state index contributed by atoms with van der Waals surface area (Å²) >= 11 is 0. The highest BCUT2D eigenvalue weighted by atomic mass is 16.6. The summed E-state index contributed by atoms with van der Waals surface area (Å²) in [5, 5.41) is 10.3.